The highest BCUT2D eigenvalue weighted by atomic mass is 79.9. The number of benzene rings is 2. The first-order valence-electron chi connectivity index (χ1n) is 6.03. The van der Waals surface area contributed by atoms with E-state index < -0.39 is 5.97 Å². The smallest absolute Gasteiger partial charge is 0.341 e. The summed E-state index contributed by atoms with van der Waals surface area (Å²) in [6, 6.07) is 8.45. The van der Waals surface area contributed by atoms with Crippen molar-refractivity contribution in [2.45, 2.75) is 6.92 Å². The van der Waals surface area contributed by atoms with Crippen molar-refractivity contribution < 1.29 is 14.3 Å². The third kappa shape index (κ3) is 3.49. The summed E-state index contributed by atoms with van der Waals surface area (Å²) in [5.74, 6) is 0.222. The molecule has 0 amide bonds. The second-order valence-corrected chi connectivity index (χ2v) is 5.65. The van der Waals surface area contributed by atoms with Crippen LogP contribution in [0.15, 0.2) is 34.8 Å². The number of rotatable bonds is 3. The first-order valence-corrected chi connectivity index (χ1v) is 7.21. The molecule has 0 aliphatic heterocycles. The molecule has 21 heavy (non-hydrogen) atoms. The van der Waals surface area contributed by atoms with Gasteiger partial charge < -0.3 is 15.2 Å². The van der Waals surface area contributed by atoms with Gasteiger partial charge in [0.05, 0.1) is 12.1 Å². The van der Waals surface area contributed by atoms with Crippen LogP contribution in [0, 0.1) is 6.92 Å². The molecule has 0 spiro atoms. The monoisotopic (exact) mass is 369 g/mol. The molecule has 0 saturated carbocycles. The maximum Gasteiger partial charge on any atom is 0.341 e. The van der Waals surface area contributed by atoms with Gasteiger partial charge in [-0.25, -0.2) is 4.79 Å². The van der Waals surface area contributed by atoms with Crippen molar-refractivity contribution in [2.24, 2.45) is 0 Å². The van der Waals surface area contributed by atoms with E-state index in [1.54, 1.807) is 6.07 Å². The van der Waals surface area contributed by atoms with Gasteiger partial charge in [-0.3, -0.25) is 0 Å². The molecule has 2 N–H and O–H groups in total. The Hall–Kier alpha value is -1.72. The van der Waals surface area contributed by atoms with E-state index in [-0.39, 0.29) is 16.3 Å². The Morgan fingerprint density at radius 3 is 2.62 bits per heavy atom. The van der Waals surface area contributed by atoms with Crippen LogP contribution in [0.5, 0.6) is 11.5 Å². The predicted octanol–water partition coefficient (Wildman–Crippen LogP) is 4.57. The lowest BCUT2D eigenvalue weighted by Crippen LogP contribution is -2.05. The van der Waals surface area contributed by atoms with Crippen molar-refractivity contribution in [3.8, 4) is 11.5 Å². The minimum absolute atomic E-state index is 0.183. The van der Waals surface area contributed by atoms with E-state index >= 15 is 0 Å². The second-order valence-electron chi connectivity index (χ2n) is 4.38. The minimum atomic E-state index is -0.562. The van der Waals surface area contributed by atoms with Crippen molar-refractivity contribution in [2.75, 3.05) is 12.8 Å². The van der Waals surface area contributed by atoms with E-state index in [4.69, 9.17) is 26.8 Å². The molecule has 0 radical (unpaired) electrons. The van der Waals surface area contributed by atoms with Gasteiger partial charge in [0.25, 0.3) is 0 Å². The van der Waals surface area contributed by atoms with Crippen LogP contribution >= 0.6 is 27.5 Å². The maximum atomic E-state index is 11.8. The fourth-order valence-electron chi connectivity index (χ4n) is 1.78. The molecule has 0 aliphatic rings. The van der Waals surface area contributed by atoms with Crippen LogP contribution < -0.4 is 10.5 Å². The number of methoxy groups -OCH3 is 1. The molecule has 4 nitrogen and oxygen atoms in total. The van der Waals surface area contributed by atoms with Gasteiger partial charge in [-0.05, 0) is 42.8 Å². The number of esters is 1. The quantitative estimate of drug-likeness (QED) is 0.635. The average Bonchev–Trinajstić information content (AvgIpc) is 2.44. The van der Waals surface area contributed by atoms with Gasteiger partial charge in [0.1, 0.15) is 11.3 Å². The van der Waals surface area contributed by atoms with Crippen LogP contribution in [0.3, 0.4) is 0 Å². The number of anilines is 1. The largest absolute Gasteiger partial charge is 0.465 e. The van der Waals surface area contributed by atoms with Crippen molar-refractivity contribution in [3.63, 3.8) is 0 Å². The number of carbonyl (C=O) groups excluding carboxylic acids is 1. The summed E-state index contributed by atoms with van der Waals surface area (Å²) in [5, 5.41) is 0.246. The van der Waals surface area contributed by atoms with Gasteiger partial charge in [-0.1, -0.05) is 27.5 Å². The molecule has 0 fully saturated rings. The number of carbonyl (C=O) groups is 1. The van der Waals surface area contributed by atoms with E-state index in [0.29, 0.717) is 11.4 Å². The number of hydrogen-bond donors (Lipinski definition) is 1. The first kappa shape index (κ1) is 15.7. The summed E-state index contributed by atoms with van der Waals surface area (Å²) in [5.41, 5.74) is 7.25. The predicted molar refractivity (Wildman–Crippen MR) is 86.2 cm³/mol. The lowest BCUT2D eigenvalue weighted by molar-refractivity contribution is 0.0598. The molecule has 2 rings (SSSR count). The van der Waals surface area contributed by atoms with Crippen molar-refractivity contribution in [3.05, 3.63) is 51.0 Å². The molecule has 110 valence electrons. The third-order valence-corrected chi connectivity index (χ3v) is 3.99. The highest BCUT2D eigenvalue weighted by molar-refractivity contribution is 9.10. The topological polar surface area (TPSA) is 61.5 Å². The summed E-state index contributed by atoms with van der Waals surface area (Å²) < 4.78 is 11.4. The van der Waals surface area contributed by atoms with Gasteiger partial charge in [0.15, 0.2) is 5.75 Å². The van der Waals surface area contributed by atoms with Crippen LogP contribution in [0.2, 0.25) is 5.02 Å². The summed E-state index contributed by atoms with van der Waals surface area (Å²) >= 11 is 9.55. The average molecular weight is 371 g/mol. The van der Waals surface area contributed by atoms with E-state index in [9.17, 15) is 4.79 Å². The minimum Gasteiger partial charge on any atom is -0.465 e. The fraction of sp³-hybridized carbons (Fsp3) is 0.133. The molecule has 0 bridgehead atoms. The van der Waals surface area contributed by atoms with Crippen LogP contribution in [-0.2, 0) is 4.74 Å². The maximum absolute atomic E-state index is 11.8. The van der Waals surface area contributed by atoms with E-state index in [1.807, 2.05) is 19.1 Å². The molecule has 2 aromatic carbocycles. The summed E-state index contributed by atoms with van der Waals surface area (Å²) in [6.07, 6.45) is 0. The Morgan fingerprint density at radius 1 is 1.29 bits per heavy atom. The van der Waals surface area contributed by atoms with Crippen LogP contribution in [0.1, 0.15) is 15.9 Å². The Kier molecular flexibility index (Phi) is 4.75. The van der Waals surface area contributed by atoms with E-state index in [0.717, 1.165) is 10.0 Å². The third-order valence-electron chi connectivity index (χ3n) is 2.82. The molecule has 0 heterocycles. The molecule has 0 atom stereocenters. The normalized spacial score (nSPS) is 10.3. The lowest BCUT2D eigenvalue weighted by atomic mass is 10.1. The molecule has 6 heteroatoms. The standard InChI is InChI=1S/C15H13BrClNO3/c1-8-5-10(3-4-12(8)16)21-14-11(15(19)20-2)6-9(18)7-13(14)17/h3-7H,18H2,1-2H3. The number of halogens is 2. The Balaban J connectivity index is 2.47. The van der Waals surface area contributed by atoms with E-state index in [1.165, 1.54) is 19.2 Å². The van der Waals surface area contributed by atoms with Crippen molar-refractivity contribution >= 4 is 39.2 Å². The Labute approximate surface area is 135 Å². The zero-order valence-electron chi connectivity index (χ0n) is 11.4. The number of nitrogen functional groups attached to an aromatic ring is 1. The highest BCUT2D eigenvalue weighted by Gasteiger charge is 2.18. The number of aryl methyl sites for hydroxylation is 1. The highest BCUT2D eigenvalue weighted by Crippen LogP contribution is 2.36. The van der Waals surface area contributed by atoms with Crippen LogP contribution in [0.25, 0.3) is 0 Å². The Morgan fingerprint density at radius 2 is 2.00 bits per heavy atom. The molecule has 0 aliphatic carbocycles. The van der Waals surface area contributed by atoms with Gasteiger partial charge in [-0.15, -0.1) is 0 Å². The number of hydrogen-bond acceptors (Lipinski definition) is 4. The van der Waals surface area contributed by atoms with Crippen LogP contribution in [-0.4, -0.2) is 13.1 Å². The fourth-order valence-corrected chi connectivity index (χ4v) is 2.29. The molecule has 0 unspecified atom stereocenters. The van der Waals surface area contributed by atoms with E-state index in [2.05, 4.69) is 15.9 Å². The van der Waals surface area contributed by atoms with Crippen molar-refractivity contribution in [1.29, 1.82) is 0 Å². The second kappa shape index (κ2) is 6.37. The molecular weight excluding hydrogens is 358 g/mol. The van der Waals surface area contributed by atoms with Gasteiger partial charge in [0, 0.05) is 10.2 Å². The molecule has 0 saturated heterocycles. The molecule has 0 aromatic heterocycles. The zero-order valence-corrected chi connectivity index (χ0v) is 13.8. The molecular formula is C15H13BrClNO3. The van der Waals surface area contributed by atoms with Gasteiger partial charge >= 0.3 is 5.97 Å². The Bertz CT molecular complexity index is 704. The summed E-state index contributed by atoms with van der Waals surface area (Å²) in [4.78, 5) is 11.8. The molecule has 2 aromatic rings. The SMILES string of the molecule is COC(=O)c1cc(N)cc(Cl)c1Oc1ccc(Br)c(C)c1. The zero-order chi connectivity index (χ0) is 15.6. The van der Waals surface area contributed by atoms with Gasteiger partial charge in [0.2, 0.25) is 0 Å². The first-order chi connectivity index (χ1) is 9.92. The van der Waals surface area contributed by atoms with Gasteiger partial charge in [-0.2, -0.15) is 0 Å². The lowest BCUT2D eigenvalue weighted by Gasteiger charge is -2.13. The number of nitrogens with two attached hydrogens (primary N) is 1. The van der Waals surface area contributed by atoms with Crippen molar-refractivity contribution in [1.82, 2.24) is 0 Å². The number of ether oxygens (including phenoxy) is 2. The van der Waals surface area contributed by atoms with Crippen LogP contribution in [0.4, 0.5) is 5.69 Å². The summed E-state index contributed by atoms with van der Waals surface area (Å²) in [7, 11) is 1.28. The summed E-state index contributed by atoms with van der Waals surface area (Å²) in [6.45, 7) is 1.93.